The fraction of sp³-hybridized carbons (Fsp3) is 0.519. The molecule has 1 aromatic carbocycles. The van der Waals surface area contributed by atoms with Gasteiger partial charge in [-0.3, -0.25) is 5.32 Å². The predicted octanol–water partition coefficient (Wildman–Crippen LogP) is 6.83. The lowest BCUT2D eigenvalue weighted by molar-refractivity contribution is 0.0635. The van der Waals surface area contributed by atoms with Crippen LogP contribution in [0.2, 0.25) is 25.7 Å². The standard InChI is InChI=1S/C27H40N4O3Si/c1-20(21-11-9-8-10-12-21)13-14-22-23(30-26(32)34-27(2,3)4)17-25-24(29-22)18-28-31(25)19-33-15-16-35(5,6)7/h8-12,17-18,20H,13-16,19H2,1-7H3,(H,30,32)/t20-/m0/s1. The second kappa shape index (κ2) is 11.3. The van der Waals surface area contributed by atoms with Crippen LogP contribution >= 0.6 is 0 Å². The number of amides is 1. The van der Waals surface area contributed by atoms with Crippen LogP contribution in [0.5, 0.6) is 0 Å². The fourth-order valence-electron chi connectivity index (χ4n) is 3.69. The number of nitrogens with one attached hydrogen (secondary N) is 1. The van der Waals surface area contributed by atoms with E-state index in [1.165, 1.54) is 5.56 Å². The molecule has 0 unspecified atom stereocenters. The summed E-state index contributed by atoms with van der Waals surface area (Å²) in [6.07, 6.45) is 2.89. The van der Waals surface area contributed by atoms with Gasteiger partial charge in [-0.1, -0.05) is 56.9 Å². The Hall–Kier alpha value is -2.71. The molecular formula is C27H40N4O3Si. The largest absolute Gasteiger partial charge is 0.444 e. The molecule has 2 aromatic heterocycles. The molecule has 0 fully saturated rings. The summed E-state index contributed by atoms with van der Waals surface area (Å²) in [7, 11) is -1.16. The van der Waals surface area contributed by atoms with E-state index < -0.39 is 19.8 Å². The van der Waals surface area contributed by atoms with Gasteiger partial charge in [0.1, 0.15) is 17.8 Å². The molecule has 1 atom stereocenters. The molecule has 0 radical (unpaired) electrons. The minimum absolute atomic E-state index is 0.353. The number of rotatable bonds is 10. The number of aromatic nitrogens is 3. The summed E-state index contributed by atoms with van der Waals surface area (Å²) in [4.78, 5) is 17.5. The zero-order chi connectivity index (χ0) is 25.6. The van der Waals surface area contributed by atoms with Crippen molar-refractivity contribution in [3.05, 3.63) is 53.9 Å². The van der Waals surface area contributed by atoms with E-state index >= 15 is 0 Å². The highest BCUT2D eigenvalue weighted by molar-refractivity contribution is 6.76. The number of fused-ring (bicyclic) bond motifs is 1. The number of benzene rings is 1. The molecule has 0 saturated carbocycles. The van der Waals surface area contributed by atoms with Crippen molar-refractivity contribution in [1.29, 1.82) is 0 Å². The second-order valence-electron chi connectivity index (χ2n) is 11.4. The Labute approximate surface area is 210 Å². The lowest BCUT2D eigenvalue weighted by atomic mass is 9.95. The van der Waals surface area contributed by atoms with Gasteiger partial charge in [-0.2, -0.15) is 5.10 Å². The average Bonchev–Trinajstić information content (AvgIpc) is 3.15. The van der Waals surface area contributed by atoms with E-state index in [9.17, 15) is 4.79 Å². The number of hydrogen-bond acceptors (Lipinski definition) is 5. The topological polar surface area (TPSA) is 78.3 Å². The van der Waals surface area contributed by atoms with E-state index in [2.05, 4.69) is 61.2 Å². The number of ether oxygens (including phenoxy) is 2. The number of carbonyl (C=O) groups is 1. The Balaban J connectivity index is 1.81. The van der Waals surface area contributed by atoms with Gasteiger partial charge < -0.3 is 9.47 Å². The van der Waals surface area contributed by atoms with E-state index in [-0.39, 0.29) is 0 Å². The number of nitrogens with zero attached hydrogens (tertiary/aromatic N) is 3. The van der Waals surface area contributed by atoms with Crippen molar-refractivity contribution in [2.75, 3.05) is 11.9 Å². The van der Waals surface area contributed by atoms with Crippen LogP contribution in [0.4, 0.5) is 10.5 Å². The lowest BCUT2D eigenvalue weighted by Crippen LogP contribution is -2.27. The van der Waals surface area contributed by atoms with Gasteiger partial charge >= 0.3 is 6.09 Å². The Morgan fingerprint density at radius 1 is 1.17 bits per heavy atom. The first-order valence-corrected chi connectivity index (χ1v) is 16.1. The van der Waals surface area contributed by atoms with Crippen LogP contribution < -0.4 is 5.32 Å². The first-order chi connectivity index (χ1) is 16.4. The molecule has 0 spiro atoms. The zero-order valence-corrected chi connectivity index (χ0v) is 23.2. The molecule has 0 aliphatic carbocycles. The number of aryl methyl sites for hydroxylation is 1. The normalized spacial score (nSPS) is 13.1. The van der Waals surface area contributed by atoms with Crippen molar-refractivity contribution < 1.29 is 14.3 Å². The van der Waals surface area contributed by atoms with E-state index in [1.807, 2.05) is 32.9 Å². The van der Waals surface area contributed by atoms with Gasteiger partial charge in [0, 0.05) is 14.7 Å². The van der Waals surface area contributed by atoms with Gasteiger partial charge in [0.15, 0.2) is 0 Å². The first kappa shape index (κ1) is 26.9. The lowest BCUT2D eigenvalue weighted by Gasteiger charge is -2.21. The molecule has 0 aliphatic heterocycles. The molecule has 2 heterocycles. The van der Waals surface area contributed by atoms with Crippen LogP contribution in [0.15, 0.2) is 42.6 Å². The molecule has 1 N–H and O–H groups in total. The number of pyridine rings is 1. The minimum atomic E-state index is -1.16. The Kier molecular flexibility index (Phi) is 8.72. The van der Waals surface area contributed by atoms with Crippen molar-refractivity contribution in [3.63, 3.8) is 0 Å². The van der Waals surface area contributed by atoms with Crippen LogP contribution in [0.25, 0.3) is 11.0 Å². The van der Waals surface area contributed by atoms with E-state index in [1.54, 1.807) is 10.9 Å². The SMILES string of the molecule is C[C@@H](CCc1nc2cnn(COCC[Si](C)(C)C)c2cc1NC(=O)OC(C)(C)C)c1ccccc1. The molecule has 0 aliphatic rings. The van der Waals surface area contributed by atoms with Crippen LogP contribution in [0.3, 0.4) is 0 Å². The van der Waals surface area contributed by atoms with Crippen LogP contribution in [-0.2, 0) is 22.6 Å². The van der Waals surface area contributed by atoms with Gasteiger partial charge in [-0.25, -0.2) is 14.5 Å². The molecule has 3 rings (SSSR count). The van der Waals surface area contributed by atoms with E-state index in [4.69, 9.17) is 14.5 Å². The monoisotopic (exact) mass is 496 g/mol. The molecule has 190 valence electrons. The van der Waals surface area contributed by atoms with E-state index in [0.29, 0.717) is 24.9 Å². The highest BCUT2D eigenvalue weighted by atomic mass is 28.3. The highest BCUT2D eigenvalue weighted by Gasteiger charge is 2.20. The minimum Gasteiger partial charge on any atom is -0.444 e. The summed E-state index contributed by atoms with van der Waals surface area (Å²) in [5.74, 6) is 0.366. The highest BCUT2D eigenvalue weighted by Crippen LogP contribution is 2.27. The first-order valence-electron chi connectivity index (χ1n) is 12.4. The van der Waals surface area contributed by atoms with Gasteiger partial charge in [-0.15, -0.1) is 0 Å². The third-order valence-corrected chi connectivity index (χ3v) is 7.44. The van der Waals surface area contributed by atoms with Gasteiger partial charge in [0.25, 0.3) is 0 Å². The van der Waals surface area contributed by atoms with Crippen LogP contribution in [0, 0.1) is 0 Å². The Bertz CT molecular complexity index is 1120. The molecule has 8 heteroatoms. The van der Waals surface area contributed by atoms with E-state index in [0.717, 1.165) is 35.6 Å². The fourth-order valence-corrected chi connectivity index (χ4v) is 4.45. The third-order valence-electron chi connectivity index (χ3n) is 5.74. The maximum Gasteiger partial charge on any atom is 0.412 e. The Morgan fingerprint density at radius 3 is 2.54 bits per heavy atom. The second-order valence-corrected chi connectivity index (χ2v) is 17.0. The number of hydrogen-bond donors (Lipinski definition) is 1. The van der Waals surface area contributed by atoms with Gasteiger partial charge in [-0.05, 0) is 57.2 Å². The molecule has 35 heavy (non-hydrogen) atoms. The van der Waals surface area contributed by atoms with Crippen molar-refractivity contribution in [2.24, 2.45) is 0 Å². The van der Waals surface area contributed by atoms with Crippen molar-refractivity contribution in [3.8, 4) is 0 Å². The summed E-state index contributed by atoms with van der Waals surface area (Å²) in [5.41, 5.74) is 3.79. The number of anilines is 1. The molecule has 1 amide bonds. The van der Waals surface area contributed by atoms with Crippen molar-refractivity contribution >= 4 is 30.9 Å². The summed E-state index contributed by atoms with van der Waals surface area (Å²) < 4.78 is 13.2. The molecular weight excluding hydrogens is 456 g/mol. The summed E-state index contributed by atoms with van der Waals surface area (Å²) in [6, 6.07) is 13.5. The molecule has 0 saturated heterocycles. The predicted molar refractivity (Wildman–Crippen MR) is 145 cm³/mol. The Morgan fingerprint density at radius 2 is 1.89 bits per heavy atom. The molecule has 7 nitrogen and oxygen atoms in total. The van der Waals surface area contributed by atoms with Crippen LogP contribution in [0.1, 0.15) is 51.3 Å². The third kappa shape index (κ3) is 8.47. The maximum absolute atomic E-state index is 12.6. The molecule has 0 bridgehead atoms. The average molecular weight is 497 g/mol. The van der Waals surface area contributed by atoms with Gasteiger partial charge in [0.05, 0.1) is 23.1 Å². The van der Waals surface area contributed by atoms with Gasteiger partial charge in [0.2, 0.25) is 0 Å². The zero-order valence-electron chi connectivity index (χ0n) is 22.2. The van der Waals surface area contributed by atoms with Crippen molar-refractivity contribution in [2.45, 2.75) is 84.5 Å². The van der Waals surface area contributed by atoms with Crippen LogP contribution in [-0.4, -0.2) is 41.1 Å². The van der Waals surface area contributed by atoms with Crippen molar-refractivity contribution in [1.82, 2.24) is 14.8 Å². The summed E-state index contributed by atoms with van der Waals surface area (Å²) in [6.45, 7) is 15.8. The summed E-state index contributed by atoms with van der Waals surface area (Å²) in [5, 5.41) is 7.42. The maximum atomic E-state index is 12.6. The molecule has 3 aromatic rings. The number of carbonyl (C=O) groups excluding carboxylic acids is 1. The smallest absolute Gasteiger partial charge is 0.412 e. The quantitative estimate of drug-likeness (QED) is 0.246. The summed E-state index contributed by atoms with van der Waals surface area (Å²) >= 11 is 0.